The highest BCUT2D eigenvalue weighted by atomic mass is 32.1. The third-order valence-electron chi connectivity index (χ3n) is 3.94. The van der Waals surface area contributed by atoms with Crippen molar-refractivity contribution in [3.63, 3.8) is 0 Å². The lowest BCUT2D eigenvalue weighted by Gasteiger charge is -2.23. The smallest absolute Gasteiger partial charge is 0.0944 e. The van der Waals surface area contributed by atoms with Crippen molar-refractivity contribution in [3.05, 3.63) is 16.1 Å². The molecule has 0 bridgehead atoms. The molecular weight excluding hydrogens is 256 g/mol. The second kappa shape index (κ2) is 5.90. The summed E-state index contributed by atoms with van der Waals surface area (Å²) in [6.07, 6.45) is 3.38. The Hall–Kier alpha value is -0.450. The molecular formula is C15H26N2OS. The highest BCUT2D eigenvalue weighted by molar-refractivity contribution is 7.09. The summed E-state index contributed by atoms with van der Waals surface area (Å²) < 4.78 is 5.74. The van der Waals surface area contributed by atoms with E-state index in [9.17, 15) is 0 Å². The minimum absolute atomic E-state index is 0.126. The summed E-state index contributed by atoms with van der Waals surface area (Å²) in [5, 5.41) is 3.34. The lowest BCUT2D eigenvalue weighted by Crippen LogP contribution is -2.37. The van der Waals surface area contributed by atoms with Crippen molar-refractivity contribution in [1.82, 2.24) is 4.98 Å². The van der Waals surface area contributed by atoms with Gasteiger partial charge in [-0.25, -0.2) is 4.98 Å². The Morgan fingerprint density at radius 3 is 2.84 bits per heavy atom. The fraction of sp³-hybridized carbons (Fsp3) is 0.800. The fourth-order valence-corrected chi connectivity index (χ4v) is 3.77. The monoisotopic (exact) mass is 282 g/mol. The molecule has 1 aliphatic heterocycles. The number of thiazole rings is 1. The van der Waals surface area contributed by atoms with Crippen LogP contribution in [0.1, 0.15) is 51.2 Å². The van der Waals surface area contributed by atoms with Crippen molar-refractivity contribution in [2.24, 2.45) is 11.7 Å². The van der Waals surface area contributed by atoms with Crippen LogP contribution >= 0.6 is 11.3 Å². The van der Waals surface area contributed by atoms with E-state index in [1.54, 1.807) is 11.3 Å². The number of nitrogens with two attached hydrogens (primary N) is 1. The average Bonchev–Trinajstić information content (AvgIpc) is 2.95. The predicted molar refractivity (Wildman–Crippen MR) is 80.6 cm³/mol. The molecule has 4 heteroatoms. The van der Waals surface area contributed by atoms with E-state index in [0.717, 1.165) is 25.9 Å². The zero-order chi connectivity index (χ0) is 14.0. The normalized spacial score (nSPS) is 25.7. The topological polar surface area (TPSA) is 48.1 Å². The molecule has 3 atom stereocenters. The zero-order valence-electron chi connectivity index (χ0n) is 12.5. The molecule has 2 rings (SSSR count). The third-order valence-corrected chi connectivity index (χ3v) is 4.81. The molecule has 1 saturated heterocycles. The van der Waals surface area contributed by atoms with Crippen LogP contribution in [0.4, 0.5) is 0 Å². The fourth-order valence-electron chi connectivity index (χ4n) is 2.68. The van der Waals surface area contributed by atoms with Gasteiger partial charge in [0.25, 0.3) is 0 Å². The molecule has 1 aromatic heterocycles. The van der Waals surface area contributed by atoms with Crippen LogP contribution in [0.3, 0.4) is 0 Å². The van der Waals surface area contributed by atoms with E-state index in [1.165, 1.54) is 10.7 Å². The van der Waals surface area contributed by atoms with Crippen LogP contribution in [0, 0.1) is 5.92 Å². The van der Waals surface area contributed by atoms with Gasteiger partial charge in [-0.15, -0.1) is 11.3 Å². The number of hydrogen-bond donors (Lipinski definition) is 1. The molecule has 2 heterocycles. The third kappa shape index (κ3) is 3.56. The van der Waals surface area contributed by atoms with Crippen molar-refractivity contribution in [2.75, 3.05) is 6.61 Å². The predicted octanol–water partition coefficient (Wildman–Crippen LogP) is 3.13. The van der Waals surface area contributed by atoms with Gasteiger partial charge in [0, 0.05) is 35.8 Å². The van der Waals surface area contributed by atoms with Crippen molar-refractivity contribution in [2.45, 2.75) is 64.5 Å². The van der Waals surface area contributed by atoms with Crippen LogP contribution in [-0.2, 0) is 16.6 Å². The van der Waals surface area contributed by atoms with Crippen molar-refractivity contribution in [1.29, 1.82) is 0 Å². The first-order valence-electron chi connectivity index (χ1n) is 7.24. The standard InChI is InChI=1S/C15H26N2OS/c1-5-12-10(6-7-18-12)11(16)8-14-17-13(9-19-14)15(2,3)4/h9-12H,5-8,16H2,1-4H3. The first-order chi connectivity index (χ1) is 8.91. The van der Waals surface area contributed by atoms with Gasteiger partial charge in [0.15, 0.2) is 0 Å². The van der Waals surface area contributed by atoms with E-state index < -0.39 is 0 Å². The van der Waals surface area contributed by atoms with Crippen molar-refractivity contribution < 1.29 is 4.74 Å². The van der Waals surface area contributed by atoms with Gasteiger partial charge in [0.2, 0.25) is 0 Å². The molecule has 3 nitrogen and oxygen atoms in total. The second-order valence-corrected chi connectivity index (χ2v) is 7.46. The van der Waals surface area contributed by atoms with Gasteiger partial charge in [-0.1, -0.05) is 27.7 Å². The Morgan fingerprint density at radius 2 is 2.26 bits per heavy atom. The summed E-state index contributed by atoms with van der Waals surface area (Å²) >= 11 is 1.74. The van der Waals surface area contributed by atoms with Crippen LogP contribution < -0.4 is 5.73 Å². The summed E-state index contributed by atoms with van der Waals surface area (Å²) in [5.41, 5.74) is 7.68. The van der Waals surface area contributed by atoms with E-state index in [1.807, 2.05) is 0 Å². The molecule has 0 spiro atoms. The summed E-state index contributed by atoms with van der Waals surface area (Å²) in [5.74, 6) is 0.493. The minimum Gasteiger partial charge on any atom is -0.378 e. The van der Waals surface area contributed by atoms with E-state index >= 15 is 0 Å². The molecule has 3 unspecified atom stereocenters. The molecule has 0 radical (unpaired) electrons. The molecule has 108 valence electrons. The molecule has 2 N–H and O–H groups in total. The zero-order valence-corrected chi connectivity index (χ0v) is 13.3. The highest BCUT2D eigenvalue weighted by Gasteiger charge is 2.32. The van der Waals surface area contributed by atoms with Crippen LogP contribution in [0.15, 0.2) is 5.38 Å². The summed E-state index contributed by atoms with van der Waals surface area (Å²) in [6.45, 7) is 9.63. The first-order valence-corrected chi connectivity index (χ1v) is 8.12. The Balaban J connectivity index is 1.99. The van der Waals surface area contributed by atoms with Crippen LogP contribution in [0.5, 0.6) is 0 Å². The minimum atomic E-state index is 0.126. The van der Waals surface area contributed by atoms with E-state index in [-0.39, 0.29) is 11.5 Å². The number of nitrogens with zero attached hydrogens (tertiary/aromatic N) is 1. The first kappa shape index (κ1) is 14.9. The molecule has 0 saturated carbocycles. The maximum Gasteiger partial charge on any atom is 0.0944 e. The van der Waals surface area contributed by atoms with Crippen LogP contribution in [0.2, 0.25) is 0 Å². The molecule has 0 aromatic carbocycles. The number of hydrogen-bond acceptors (Lipinski definition) is 4. The lowest BCUT2D eigenvalue weighted by molar-refractivity contribution is 0.0814. The second-order valence-electron chi connectivity index (χ2n) is 6.51. The number of ether oxygens (including phenoxy) is 1. The van der Waals surface area contributed by atoms with E-state index in [0.29, 0.717) is 12.0 Å². The van der Waals surface area contributed by atoms with E-state index in [2.05, 4.69) is 33.1 Å². The molecule has 1 aromatic rings. The molecule has 1 fully saturated rings. The Labute approximate surface area is 120 Å². The average molecular weight is 282 g/mol. The Kier molecular flexibility index (Phi) is 4.64. The summed E-state index contributed by atoms with van der Waals surface area (Å²) in [6, 6.07) is 0.173. The van der Waals surface area contributed by atoms with Gasteiger partial charge < -0.3 is 10.5 Å². The number of rotatable bonds is 4. The van der Waals surface area contributed by atoms with Gasteiger partial charge in [-0.2, -0.15) is 0 Å². The van der Waals surface area contributed by atoms with Gasteiger partial charge >= 0.3 is 0 Å². The SMILES string of the molecule is CCC1OCCC1C(N)Cc1nc(C(C)(C)C)cs1. The maximum atomic E-state index is 6.38. The van der Waals surface area contributed by atoms with Gasteiger partial charge in [-0.3, -0.25) is 0 Å². The van der Waals surface area contributed by atoms with E-state index in [4.69, 9.17) is 15.5 Å². The van der Waals surface area contributed by atoms with Crippen molar-refractivity contribution in [3.8, 4) is 0 Å². The van der Waals surface area contributed by atoms with Crippen LogP contribution in [-0.4, -0.2) is 23.7 Å². The molecule has 0 aliphatic carbocycles. The Bertz CT molecular complexity index is 411. The van der Waals surface area contributed by atoms with Gasteiger partial charge in [-0.05, 0) is 12.8 Å². The van der Waals surface area contributed by atoms with Crippen LogP contribution in [0.25, 0.3) is 0 Å². The maximum absolute atomic E-state index is 6.38. The van der Waals surface area contributed by atoms with Gasteiger partial charge in [0.05, 0.1) is 16.8 Å². The molecule has 1 aliphatic rings. The largest absolute Gasteiger partial charge is 0.378 e. The molecule has 19 heavy (non-hydrogen) atoms. The van der Waals surface area contributed by atoms with Crippen molar-refractivity contribution >= 4 is 11.3 Å². The Morgan fingerprint density at radius 1 is 1.53 bits per heavy atom. The molecule has 0 amide bonds. The quantitative estimate of drug-likeness (QED) is 0.923. The number of aromatic nitrogens is 1. The van der Waals surface area contributed by atoms with Gasteiger partial charge in [0.1, 0.15) is 0 Å². The lowest BCUT2D eigenvalue weighted by atomic mass is 9.90. The highest BCUT2D eigenvalue weighted by Crippen LogP contribution is 2.29. The summed E-state index contributed by atoms with van der Waals surface area (Å²) in [4.78, 5) is 4.74. The summed E-state index contributed by atoms with van der Waals surface area (Å²) in [7, 11) is 0.